The van der Waals surface area contributed by atoms with Crippen LogP contribution in [0.15, 0.2) is 43.0 Å². The summed E-state index contributed by atoms with van der Waals surface area (Å²) in [6.45, 7) is 3.72. The molecule has 0 radical (unpaired) electrons. The summed E-state index contributed by atoms with van der Waals surface area (Å²) in [5.74, 6) is 0.382. The lowest BCUT2D eigenvalue weighted by atomic mass is 10.0. The fourth-order valence-corrected chi connectivity index (χ4v) is 3.50. The van der Waals surface area contributed by atoms with Gasteiger partial charge in [0.1, 0.15) is 5.78 Å². The summed E-state index contributed by atoms with van der Waals surface area (Å²) in [4.78, 5) is 12.0. The molecule has 0 saturated carbocycles. The number of Topliss-reactive ketones (excluding diaryl/α,β-unsaturated/α-hetero) is 1. The molecule has 2 N–H and O–H groups in total. The van der Waals surface area contributed by atoms with Crippen LogP contribution in [0.4, 0.5) is 0 Å². The van der Waals surface area contributed by atoms with Gasteiger partial charge in [-0.25, -0.2) is 0 Å². The third-order valence-electron chi connectivity index (χ3n) is 5.29. The zero-order chi connectivity index (χ0) is 19.6. The van der Waals surface area contributed by atoms with Crippen LogP contribution in [0.2, 0.25) is 0 Å². The summed E-state index contributed by atoms with van der Waals surface area (Å²) < 4.78 is 0. The molecule has 152 valence electrons. The highest BCUT2D eigenvalue weighted by molar-refractivity contribution is 5.80. The van der Waals surface area contributed by atoms with Crippen LogP contribution >= 0.6 is 0 Å². The first-order chi connectivity index (χ1) is 13.2. The number of carbonyl (C=O) groups excluding carboxylic acids is 1. The highest BCUT2D eigenvalue weighted by Gasteiger charge is 2.03. The third kappa shape index (κ3) is 14.3. The number of ketones is 1. The maximum Gasteiger partial charge on any atom is 0.137 e. The van der Waals surface area contributed by atoms with E-state index in [4.69, 9.17) is 5.73 Å². The fraction of sp³-hybridized carbons (Fsp3) is 0.640. The Morgan fingerprint density at radius 3 is 1.81 bits per heavy atom. The second kappa shape index (κ2) is 16.7. The first kappa shape index (κ1) is 23.6. The van der Waals surface area contributed by atoms with Gasteiger partial charge in [-0.1, -0.05) is 107 Å². The molecule has 0 heterocycles. The van der Waals surface area contributed by atoms with Crippen LogP contribution in [0.5, 0.6) is 0 Å². The van der Waals surface area contributed by atoms with E-state index in [1.807, 2.05) is 36.4 Å². The molecule has 0 spiro atoms. The zero-order valence-electron chi connectivity index (χ0n) is 17.3. The van der Waals surface area contributed by atoms with Gasteiger partial charge in [0.05, 0.1) is 0 Å². The van der Waals surface area contributed by atoms with E-state index < -0.39 is 0 Å². The summed E-state index contributed by atoms with van der Waals surface area (Å²) in [5.41, 5.74) is 6.96. The van der Waals surface area contributed by atoms with Crippen molar-refractivity contribution >= 4 is 5.78 Å². The van der Waals surface area contributed by atoms with Crippen LogP contribution in [0.1, 0.15) is 95.5 Å². The molecular weight excluding hydrogens is 330 g/mol. The van der Waals surface area contributed by atoms with Crippen LogP contribution in [-0.4, -0.2) is 11.8 Å². The average molecular weight is 372 g/mol. The first-order valence-corrected chi connectivity index (χ1v) is 11.2. The summed E-state index contributed by atoms with van der Waals surface area (Å²) in [6.07, 6.45) is 19.9. The van der Waals surface area contributed by atoms with Crippen LogP contribution in [-0.2, 0) is 11.2 Å². The van der Waals surface area contributed by atoms with E-state index in [1.165, 1.54) is 70.6 Å². The average Bonchev–Trinajstić information content (AvgIpc) is 2.68. The summed E-state index contributed by atoms with van der Waals surface area (Å²) in [7, 11) is 0. The van der Waals surface area contributed by atoms with E-state index in [2.05, 4.69) is 6.58 Å². The van der Waals surface area contributed by atoms with E-state index in [0.29, 0.717) is 12.2 Å². The quantitative estimate of drug-likeness (QED) is 0.228. The maximum absolute atomic E-state index is 12.0. The molecule has 0 saturated heterocycles. The molecule has 0 aromatic heterocycles. The number of hydrogen-bond acceptors (Lipinski definition) is 2. The van der Waals surface area contributed by atoms with Gasteiger partial charge >= 0.3 is 0 Å². The second-order valence-corrected chi connectivity index (χ2v) is 7.88. The predicted octanol–water partition coefficient (Wildman–Crippen LogP) is 6.77. The Morgan fingerprint density at radius 1 is 0.815 bits per heavy atom. The SMILES string of the molecule is C=CC(N)CCCCCCCCCCCCCCC(=O)Cc1ccccc1. The zero-order valence-corrected chi connectivity index (χ0v) is 17.3. The first-order valence-electron chi connectivity index (χ1n) is 11.2. The van der Waals surface area contributed by atoms with Crippen LogP contribution in [0.3, 0.4) is 0 Å². The van der Waals surface area contributed by atoms with Crippen molar-refractivity contribution in [2.75, 3.05) is 0 Å². The van der Waals surface area contributed by atoms with Crippen molar-refractivity contribution in [1.29, 1.82) is 0 Å². The van der Waals surface area contributed by atoms with Crippen molar-refractivity contribution in [2.45, 2.75) is 102 Å². The van der Waals surface area contributed by atoms with Crippen molar-refractivity contribution < 1.29 is 4.79 Å². The summed E-state index contributed by atoms with van der Waals surface area (Å²) >= 11 is 0. The number of carbonyl (C=O) groups is 1. The molecule has 1 unspecified atom stereocenters. The number of unbranched alkanes of at least 4 members (excludes halogenated alkanes) is 11. The lowest BCUT2D eigenvalue weighted by molar-refractivity contribution is -0.118. The Balaban J connectivity index is 1.79. The minimum Gasteiger partial charge on any atom is -0.324 e. The minimum atomic E-state index is 0.187. The molecule has 0 fully saturated rings. The third-order valence-corrected chi connectivity index (χ3v) is 5.29. The van der Waals surface area contributed by atoms with E-state index in [-0.39, 0.29) is 6.04 Å². The lowest BCUT2D eigenvalue weighted by Crippen LogP contribution is -2.15. The van der Waals surface area contributed by atoms with Crippen molar-refractivity contribution in [3.63, 3.8) is 0 Å². The monoisotopic (exact) mass is 371 g/mol. The predicted molar refractivity (Wildman–Crippen MR) is 118 cm³/mol. The minimum absolute atomic E-state index is 0.187. The van der Waals surface area contributed by atoms with Gasteiger partial charge in [0.15, 0.2) is 0 Å². The molecule has 0 bridgehead atoms. The lowest BCUT2D eigenvalue weighted by Gasteiger charge is -2.05. The Morgan fingerprint density at radius 2 is 1.30 bits per heavy atom. The van der Waals surface area contributed by atoms with E-state index >= 15 is 0 Å². The van der Waals surface area contributed by atoms with E-state index in [0.717, 1.165) is 24.8 Å². The maximum atomic E-state index is 12.0. The van der Waals surface area contributed by atoms with Crippen molar-refractivity contribution in [3.05, 3.63) is 48.6 Å². The molecule has 1 rings (SSSR count). The van der Waals surface area contributed by atoms with Gasteiger partial charge in [-0.3, -0.25) is 4.79 Å². The molecule has 2 heteroatoms. The van der Waals surface area contributed by atoms with Crippen LogP contribution in [0, 0.1) is 0 Å². The molecule has 1 aromatic rings. The van der Waals surface area contributed by atoms with Crippen molar-refractivity contribution in [2.24, 2.45) is 5.73 Å². The Hall–Kier alpha value is -1.41. The molecule has 0 aliphatic heterocycles. The molecule has 0 aliphatic carbocycles. The van der Waals surface area contributed by atoms with Crippen LogP contribution in [0.25, 0.3) is 0 Å². The molecule has 27 heavy (non-hydrogen) atoms. The van der Waals surface area contributed by atoms with E-state index in [9.17, 15) is 4.79 Å². The molecule has 0 aliphatic rings. The van der Waals surface area contributed by atoms with Gasteiger partial charge in [0.2, 0.25) is 0 Å². The highest BCUT2D eigenvalue weighted by atomic mass is 16.1. The second-order valence-electron chi connectivity index (χ2n) is 7.88. The summed E-state index contributed by atoms with van der Waals surface area (Å²) in [6, 6.07) is 10.3. The Labute approximate surface area is 167 Å². The molecular formula is C25H41NO. The fourth-order valence-electron chi connectivity index (χ4n) is 3.50. The number of benzene rings is 1. The van der Waals surface area contributed by atoms with Gasteiger partial charge in [0.25, 0.3) is 0 Å². The number of hydrogen-bond donors (Lipinski definition) is 1. The van der Waals surface area contributed by atoms with Crippen molar-refractivity contribution in [1.82, 2.24) is 0 Å². The number of nitrogens with two attached hydrogens (primary N) is 1. The van der Waals surface area contributed by atoms with Gasteiger partial charge in [-0.05, 0) is 18.4 Å². The largest absolute Gasteiger partial charge is 0.324 e. The molecule has 1 atom stereocenters. The highest BCUT2D eigenvalue weighted by Crippen LogP contribution is 2.14. The standard InChI is InChI=1S/C25H41NO/c1-2-24(26)20-16-11-9-7-5-3-4-6-8-10-12-17-21-25(27)22-23-18-14-13-15-19-23/h2,13-15,18-19,24H,1,3-12,16-17,20-22,26H2. The summed E-state index contributed by atoms with van der Waals surface area (Å²) in [5, 5.41) is 0. The normalized spacial score (nSPS) is 12.0. The van der Waals surface area contributed by atoms with Gasteiger partial charge in [-0.2, -0.15) is 0 Å². The number of rotatable bonds is 18. The van der Waals surface area contributed by atoms with Gasteiger partial charge in [0, 0.05) is 18.9 Å². The van der Waals surface area contributed by atoms with Gasteiger partial charge in [-0.15, -0.1) is 6.58 Å². The Bertz CT molecular complexity index is 482. The van der Waals surface area contributed by atoms with Crippen molar-refractivity contribution in [3.8, 4) is 0 Å². The Kier molecular flexibility index (Phi) is 14.7. The molecule has 0 amide bonds. The smallest absolute Gasteiger partial charge is 0.137 e. The van der Waals surface area contributed by atoms with Gasteiger partial charge < -0.3 is 5.73 Å². The molecule has 2 nitrogen and oxygen atoms in total. The topological polar surface area (TPSA) is 43.1 Å². The van der Waals surface area contributed by atoms with Crippen LogP contribution < -0.4 is 5.73 Å². The van der Waals surface area contributed by atoms with E-state index in [1.54, 1.807) is 0 Å². The molecule has 1 aromatic carbocycles.